The summed E-state index contributed by atoms with van der Waals surface area (Å²) in [5, 5.41) is 9.20. The molecule has 0 radical (unpaired) electrons. The molecule has 0 unspecified atom stereocenters. The monoisotopic (exact) mass is 228 g/mol. The standard InChI is InChI=1S/C11H16O5/c1-4-7-11(8-12,9(13)15-5-2)10(14)16-6-3/h1,12H,5-8H2,2-3H3. The highest BCUT2D eigenvalue weighted by atomic mass is 16.6. The van der Waals surface area contributed by atoms with E-state index in [4.69, 9.17) is 15.9 Å². The van der Waals surface area contributed by atoms with Crippen LogP contribution in [0.3, 0.4) is 0 Å². The summed E-state index contributed by atoms with van der Waals surface area (Å²) in [6.07, 6.45) is 4.83. The second kappa shape index (κ2) is 6.85. The highest BCUT2D eigenvalue weighted by Gasteiger charge is 2.48. The van der Waals surface area contributed by atoms with E-state index in [0.29, 0.717) is 0 Å². The van der Waals surface area contributed by atoms with E-state index in [-0.39, 0.29) is 19.6 Å². The van der Waals surface area contributed by atoms with Crippen LogP contribution < -0.4 is 0 Å². The molecule has 16 heavy (non-hydrogen) atoms. The van der Waals surface area contributed by atoms with Crippen molar-refractivity contribution in [3.8, 4) is 12.3 Å². The predicted molar refractivity (Wildman–Crippen MR) is 56.2 cm³/mol. The van der Waals surface area contributed by atoms with E-state index in [9.17, 15) is 14.7 Å². The Morgan fingerprint density at radius 2 is 1.69 bits per heavy atom. The van der Waals surface area contributed by atoms with Crippen LogP contribution in [0.4, 0.5) is 0 Å². The van der Waals surface area contributed by atoms with Crippen molar-refractivity contribution in [2.75, 3.05) is 19.8 Å². The van der Waals surface area contributed by atoms with Crippen molar-refractivity contribution < 1.29 is 24.2 Å². The van der Waals surface area contributed by atoms with E-state index in [1.54, 1.807) is 13.8 Å². The maximum Gasteiger partial charge on any atom is 0.326 e. The zero-order valence-electron chi connectivity index (χ0n) is 9.49. The van der Waals surface area contributed by atoms with Gasteiger partial charge in [0.15, 0.2) is 5.41 Å². The number of hydrogen-bond acceptors (Lipinski definition) is 5. The summed E-state index contributed by atoms with van der Waals surface area (Å²) in [6.45, 7) is 2.67. The van der Waals surface area contributed by atoms with Gasteiger partial charge in [0.25, 0.3) is 0 Å². The smallest absolute Gasteiger partial charge is 0.326 e. The Bertz CT molecular complexity index is 271. The molecule has 0 atom stereocenters. The van der Waals surface area contributed by atoms with E-state index in [1.807, 2.05) is 0 Å². The molecule has 0 saturated carbocycles. The normalized spacial score (nSPS) is 10.4. The van der Waals surface area contributed by atoms with Crippen LogP contribution in [0.1, 0.15) is 20.3 Å². The maximum atomic E-state index is 11.6. The van der Waals surface area contributed by atoms with Crippen molar-refractivity contribution in [3.05, 3.63) is 0 Å². The third-order valence-corrected chi connectivity index (χ3v) is 2.01. The largest absolute Gasteiger partial charge is 0.465 e. The fourth-order valence-electron chi connectivity index (χ4n) is 1.13. The van der Waals surface area contributed by atoms with Gasteiger partial charge in [-0.1, -0.05) is 0 Å². The van der Waals surface area contributed by atoms with E-state index < -0.39 is 24.0 Å². The summed E-state index contributed by atoms with van der Waals surface area (Å²) in [4.78, 5) is 23.2. The summed E-state index contributed by atoms with van der Waals surface area (Å²) in [7, 11) is 0. The SMILES string of the molecule is C#CCC(CO)(C(=O)OCC)C(=O)OCC. The lowest BCUT2D eigenvalue weighted by molar-refractivity contribution is -0.174. The summed E-state index contributed by atoms with van der Waals surface area (Å²) in [6, 6.07) is 0. The molecule has 0 bridgehead atoms. The lowest BCUT2D eigenvalue weighted by Crippen LogP contribution is -2.45. The van der Waals surface area contributed by atoms with Gasteiger partial charge in [-0.3, -0.25) is 9.59 Å². The van der Waals surface area contributed by atoms with Gasteiger partial charge in [-0.05, 0) is 13.8 Å². The molecule has 0 aromatic rings. The Balaban J connectivity index is 5.06. The molecule has 0 aliphatic rings. The van der Waals surface area contributed by atoms with Crippen molar-refractivity contribution in [2.24, 2.45) is 5.41 Å². The van der Waals surface area contributed by atoms with Gasteiger partial charge >= 0.3 is 11.9 Å². The van der Waals surface area contributed by atoms with Gasteiger partial charge in [-0.25, -0.2) is 0 Å². The number of hydrogen-bond donors (Lipinski definition) is 1. The zero-order valence-corrected chi connectivity index (χ0v) is 9.49. The number of terminal acetylenes is 1. The van der Waals surface area contributed by atoms with Gasteiger partial charge in [0.1, 0.15) is 0 Å². The van der Waals surface area contributed by atoms with E-state index in [1.165, 1.54) is 0 Å². The van der Waals surface area contributed by atoms with Gasteiger partial charge in [-0.15, -0.1) is 12.3 Å². The van der Waals surface area contributed by atoms with Gasteiger partial charge in [-0.2, -0.15) is 0 Å². The minimum absolute atomic E-state index is 0.102. The molecule has 0 aliphatic heterocycles. The van der Waals surface area contributed by atoms with Crippen molar-refractivity contribution in [1.82, 2.24) is 0 Å². The minimum atomic E-state index is -1.79. The Kier molecular flexibility index (Phi) is 6.19. The van der Waals surface area contributed by atoms with Gasteiger partial charge in [0, 0.05) is 6.42 Å². The second-order valence-corrected chi connectivity index (χ2v) is 3.06. The highest BCUT2D eigenvalue weighted by Crippen LogP contribution is 2.25. The first-order valence-electron chi connectivity index (χ1n) is 4.97. The Labute approximate surface area is 94.7 Å². The fraction of sp³-hybridized carbons (Fsp3) is 0.636. The molecule has 0 amide bonds. The summed E-state index contributed by atoms with van der Waals surface area (Å²) in [5.41, 5.74) is -1.79. The lowest BCUT2D eigenvalue weighted by Gasteiger charge is -2.24. The number of aliphatic hydroxyl groups is 1. The molecule has 0 rings (SSSR count). The van der Waals surface area contributed by atoms with Gasteiger partial charge in [0.05, 0.1) is 19.8 Å². The van der Waals surface area contributed by atoms with Crippen LogP contribution in [-0.2, 0) is 19.1 Å². The molecule has 90 valence electrons. The first-order chi connectivity index (χ1) is 7.58. The lowest BCUT2D eigenvalue weighted by atomic mass is 9.85. The Morgan fingerprint density at radius 3 is 1.94 bits per heavy atom. The number of carbonyl (C=O) groups excluding carboxylic acids is 2. The Hall–Kier alpha value is -1.54. The topological polar surface area (TPSA) is 72.8 Å². The molecule has 0 aromatic carbocycles. The molecule has 1 N–H and O–H groups in total. The number of rotatable bonds is 6. The summed E-state index contributed by atoms with van der Waals surface area (Å²) < 4.78 is 9.45. The van der Waals surface area contributed by atoms with Crippen molar-refractivity contribution in [3.63, 3.8) is 0 Å². The molecule has 0 aromatic heterocycles. The molecular weight excluding hydrogens is 212 g/mol. The molecular formula is C11H16O5. The van der Waals surface area contributed by atoms with Gasteiger partial charge in [0.2, 0.25) is 0 Å². The molecule has 5 heteroatoms. The van der Waals surface area contributed by atoms with Crippen LogP contribution in [0.25, 0.3) is 0 Å². The number of aliphatic hydroxyl groups excluding tert-OH is 1. The second-order valence-electron chi connectivity index (χ2n) is 3.06. The molecule has 0 saturated heterocycles. The van der Waals surface area contributed by atoms with Crippen molar-refractivity contribution in [1.29, 1.82) is 0 Å². The Morgan fingerprint density at radius 1 is 1.25 bits per heavy atom. The van der Waals surface area contributed by atoms with E-state index in [2.05, 4.69) is 5.92 Å². The van der Waals surface area contributed by atoms with E-state index in [0.717, 1.165) is 0 Å². The summed E-state index contributed by atoms with van der Waals surface area (Å²) in [5.74, 6) is 0.471. The minimum Gasteiger partial charge on any atom is -0.465 e. The van der Waals surface area contributed by atoms with Crippen LogP contribution in [0, 0.1) is 17.8 Å². The van der Waals surface area contributed by atoms with Crippen LogP contribution in [0.15, 0.2) is 0 Å². The third-order valence-electron chi connectivity index (χ3n) is 2.01. The number of ether oxygens (including phenoxy) is 2. The molecule has 5 nitrogen and oxygen atoms in total. The van der Waals surface area contributed by atoms with Crippen molar-refractivity contribution >= 4 is 11.9 Å². The average molecular weight is 228 g/mol. The number of esters is 2. The average Bonchev–Trinajstić information content (AvgIpc) is 2.26. The predicted octanol–water partition coefficient (Wildman–Crippen LogP) is 0.115. The fourth-order valence-corrected chi connectivity index (χ4v) is 1.13. The molecule has 0 aliphatic carbocycles. The van der Waals surface area contributed by atoms with Crippen LogP contribution >= 0.6 is 0 Å². The van der Waals surface area contributed by atoms with Crippen LogP contribution in [0.5, 0.6) is 0 Å². The quantitative estimate of drug-likeness (QED) is 0.397. The first kappa shape index (κ1) is 14.5. The highest BCUT2D eigenvalue weighted by molar-refractivity contribution is 6.00. The summed E-state index contributed by atoms with van der Waals surface area (Å²) >= 11 is 0. The number of carbonyl (C=O) groups is 2. The molecule has 0 fully saturated rings. The van der Waals surface area contributed by atoms with Crippen LogP contribution in [-0.4, -0.2) is 36.9 Å². The third kappa shape index (κ3) is 2.97. The molecule has 0 spiro atoms. The van der Waals surface area contributed by atoms with E-state index >= 15 is 0 Å². The maximum absolute atomic E-state index is 11.6. The van der Waals surface area contributed by atoms with Gasteiger partial charge < -0.3 is 14.6 Å². The molecule has 0 heterocycles. The van der Waals surface area contributed by atoms with Crippen molar-refractivity contribution in [2.45, 2.75) is 20.3 Å². The zero-order chi connectivity index (χ0) is 12.6. The van der Waals surface area contributed by atoms with Crippen LogP contribution in [0.2, 0.25) is 0 Å². The first-order valence-corrected chi connectivity index (χ1v) is 4.97.